The summed E-state index contributed by atoms with van der Waals surface area (Å²) in [5.74, 6) is 0.00494. The molecule has 1 amide bonds. The van der Waals surface area contributed by atoms with Crippen molar-refractivity contribution in [2.75, 3.05) is 6.54 Å². The Hall–Kier alpha value is -2.14. The number of nitrogens with zero attached hydrogens (tertiary/aromatic N) is 2. The maximum absolute atomic E-state index is 12.1. The molecular formula is C15H18N4O. The Morgan fingerprint density at radius 1 is 1.35 bits per heavy atom. The normalized spacial score (nSPS) is 13.2. The maximum atomic E-state index is 12.1. The standard InChI is InChI=1S/C15H18N4O/c20-15(18-4-1-6-19-7-5-16-11-19)12-2-3-13-9-17-10-14(13)8-12/h2-3,5,7-8,11,17H,1,4,6,9-10H2,(H,18,20). The molecule has 0 fully saturated rings. The lowest BCUT2D eigenvalue weighted by molar-refractivity contribution is 0.0952. The van der Waals surface area contributed by atoms with Crippen LogP contribution in [0.1, 0.15) is 27.9 Å². The van der Waals surface area contributed by atoms with Crippen LogP contribution in [0.3, 0.4) is 0 Å². The molecule has 1 aliphatic heterocycles. The van der Waals surface area contributed by atoms with E-state index in [0.717, 1.165) is 31.6 Å². The van der Waals surface area contributed by atoms with Gasteiger partial charge in [0.1, 0.15) is 0 Å². The van der Waals surface area contributed by atoms with Gasteiger partial charge in [-0.05, 0) is 29.7 Å². The number of aryl methyl sites for hydroxylation is 1. The van der Waals surface area contributed by atoms with Gasteiger partial charge in [0, 0.05) is 44.1 Å². The van der Waals surface area contributed by atoms with Crippen LogP contribution in [0.2, 0.25) is 0 Å². The van der Waals surface area contributed by atoms with Crippen molar-refractivity contribution in [1.29, 1.82) is 0 Å². The van der Waals surface area contributed by atoms with E-state index in [4.69, 9.17) is 0 Å². The summed E-state index contributed by atoms with van der Waals surface area (Å²) in [5, 5.41) is 6.24. The van der Waals surface area contributed by atoms with Crippen molar-refractivity contribution < 1.29 is 4.79 Å². The zero-order valence-electron chi connectivity index (χ0n) is 11.3. The number of amides is 1. The molecule has 2 heterocycles. The Labute approximate surface area is 118 Å². The third kappa shape index (κ3) is 2.88. The number of hydrogen-bond acceptors (Lipinski definition) is 3. The van der Waals surface area contributed by atoms with E-state index in [0.29, 0.717) is 6.54 Å². The molecule has 1 aliphatic rings. The number of hydrogen-bond donors (Lipinski definition) is 2. The van der Waals surface area contributed by atoms with Crippen LogP contribution in [0.15, 0.2) is 36.9 Å². The second kappa shape index (κ2) is 5.88. The van der Waals surface area contributed by atoms with E-state index in [1.54, 1.807) is 12.5 Å². The Morgan fingerprint density at radius 3 is 3.10 bits per heavy atom. The van der Waals surface area contributed by atoms with E-state index in [1.807, 2.05) is 29.0 Å². The first kappa shape index (κ1) is 12.9. The highest BCUT2D eigenvalue weighted by Crippen LogP contribution is 2.16. The molecule has 5 heteroatoms. The lowest BCUT2D eigenvalue weighted by Gasteiger charge is -2.07. The molecule has 1 aromatic carbocycles. The van der Waals surface area contributed by atoms with E-state index in [1.165, 1.54) is 11.1 Å². The van der Waals surface area contributed by atoms with Crippen LogP contribution in [0, 0.1) is 0 Å². The molecule has 1 aromatic heterocycles. The fourth-order valence-electron chi connectivity index (χ4n) is 2.42. The van der Waals surface area contributed by atoms with Gasteiger partial charge in [-0.3, -0.25) is 4.79 Å². The maximum Gasteiger partial charge on any atom is 0.251 e. The molecule has 0 unspecified atom stereocenters. The fourth-order valence-corrected chi connectivity index (χ4v) is 2.42. The minimum absolute atomic E-state index is 0.00494. The first-order valence-electron chi connectivity index (χ1n) is 6.89. The zero-order chi connectivity index (χ0) is 13.8. The van der Waals surface area contributed by atoms with E-state index in [-0.39, 0.29) is 5.91 Å². The van der Waals surface area contributed by atoms with Crippen LogP contribution in [-0.4, -0.2) is 22.0 Å². The van der Waals surface area contributed by atoms with Crippen LogP contribution in [-0.2, 0) is 19.6 Å². The molecule has 5 nitrogen and oxygen atoms in total. The van der Waals surface area contributed by atoms with E-state index in [9.17, 15) is 4.79 Å². The van der Waals surface area contributed by atoms with Crippen molar-refractivity contribution in [3.05, 3.63) is 53.6 Å². The molecule has 0 aliphatic carbocycles. The molecule has 20 heavy (non-hydrogen) atoms. The molecule has 0 saturated heterocycles. The van der Waals surface area contributed by atoms with Gasteiger partial charge in [0.2, 0.25) is 0 Å². The zero-order valence-corrected chi connectivity index (χ0v) is 11.3. The monoisotopic (exact) mass is 270 g/mol. The topological polar surface area (TPSA) is 59.0 Å². The molecule has 0 saturated carbocycles. The third-order valence-electron chi connectivity index (χ3n) is 3.54. The van der Waals surface area contributed by atoms with Gasteiger partial charge in [-0.2, -0.15) is 0 Å². The van der Waals surface area contributed by atoms with Crippen LogP contribution in [0.4, 0.5) is 0 Å². The highest BCUT2D eigenvalue weighted by Gasteiger charge is 2.12. The summed E-state index contributed by atoms with van der Waals surface area (Å²) in [6.07, 6.45) is 6.37. The molecule has 0 spiro atoms. The summed E-state index contributed by atoms with van der Waals surface area (Å²) in [4.78, 5) is 16.0. The minimum atomic E-state index is 0.00494. The predicted molar refractivity (Wildman–Crippen MR) is 76.2 cm³/mol. The number of benzene rings is 1. The van der Waals surface area contributed by atoms with Gasteiger partial charge in [0.15, 0.2) is 0 Å². The van der Waals surface area contributed by atoms with Gasteiger partial charge in [-0.1, -0.05) is 6.07 Å². The van der Waals surface area contributed by atoms with E-state index >= 15 is 0 Å². The molecule has 3 rings (SSSR count). The average Bonchev–Trinajstić information content (AvgIpc) is 3.13. The van der Waals surface area contributed by atoms with E-state index in [2.05, 4.69) is 15.6 Å². The lowest BCUT2D eigenvalue weighted by Crippen LogP contribution is -2.25. The largest absolute Gasteiger partial charge is 0.352 e. The quantitative estimate of drug-likeness (QED) is 0.805. The molecular weight excluding hydrogens is 252 g/mol. The van der Waals surface area contributed by atoms with Crippen LogP contribution >= 0.6 is 0 Å². The smallest absolute Gasteiger partial charge is 0.251 e. The van der Waals surface area contributed by atoms with Crippen molar-refractivity contribution in [3.63, 3.8) is 0 Å². The minimum Gasteiger partial charge on any atom is -0.352 e. The lowest BCUT2D eigenvalue weighted by atomic mass is 10.1. The number of imidazole rings is 1. The van der Waals surface area contributed by atoms with Crippen molar-refractivity contribution in [1.82, 2.24) is 20.2 Å². The SMILES string of the molecule is O=C(NCCCn1ccnc1)c1ccc2c(c1)CNC2. The van der Waals surface area contributed by atoms with Crippen molar-refractivity contribution in [2.45, 2.75) is 26.1 Å². The van der Waals surface area contributed by atoms with Gasteiger partial charge in [-0.15, -0.1) is 0 Å². The number of carbonyl (C=O) groups excluding carboxylic acids is 1. The average molecular weight is 270 g/mol. The second-order valence-corrected chi connectivity index (χ2v) is 5.00. The Morgan fingerprint density at radius 2 is 2.25 bits per heavy atom. The molecule has 0 bridgehead atoms. The first-order chi connectivity index (χ1) is 9.83. The summed E-state index contributed by atoms with van der Waals surface area (Å²) in [6.45, 7) is 3.31. The Bertz CT molecular complexity index is 592. The highest BCUT2D eigenvalue weighted by molar-refractivity contribution is 5.94. The first-order valence-corrected chi connectivity index (χ1v) is 6.89. The van der Waals surface area contributed by atoms with Crippen molar-refractivity contribution in [3.8, 4) is 0 Å². The van der Waals surface area contributed by atoms with Crippen molar-refractivity contribution in [2.24, 2.45) is 0 Å². The predicted octanol–water partition coefficient (Wildman–Crippen LogP) is 1.31. The van der Waals surface area contributed by atoms with Crippen LogP contribution < -0.4 is 10.6 Å². The third-order valence-corrected chi connectivity index (χ3v) is 3.54. The van der Waals surface area contributed by atoms with Gasteiger partial charge in [0.25, 0.3) is 5.91 Å². The number of fused-ring (bicyclic) bond motifs is 1. The Balaban J connectivity index is 1.49. The van der Waals surface area contributed by atoms with Gasteiger partial charge >= 0.3 is 0 Å². The summed E-state index contributed by atoms with van der Waals surface area (Å²) in [6, 6.07) is 5.92. The summed E-state index contributed by atoms with van der Waals surface area (Å²) in [7, 11) is 0. The van der Waals surface area contributed by atoms with Crippen LogP contribution in [0.25, 0.3) is 0 Å². The number of aromatic nitrogens is 2. The highest BCUT2D eigenvalue weighted by atomic mass is 16.1. The second-order valence-electron chi connectivity index (χ2n) is 5.00. The number of rotatable bonds is 5. The molecule has 2 N–H and O–H groups in total. The summed E-state index contributed by atoms with van der Waals surface area (Å²) >= 11 is 0. The van der Waals surface area contributed by atoms with E-state index < -0.39 is 0 Å². The van der Waals surface area contributed by atoms with Crippen molar-refractivity contribution >= 4 is 5.91 Å². The van der Waals surface area contributed by atoms with Gasteiger partial charge in [-0.25, -0.2) is 4.98 Å². The number of nitrogens with one attached hydrogen (secondary N) is 2. The summed E-state index contributed by atoms with van der Waals surface area (Å²) in [5.41, 5.74) is 3.27. The van der Waals surface area contributed by atoms with Crippen LogP contribution in [0.5, 0.6) is 0 Å². The fraction of sp³-hybridized carbons (Fsp3) is 0.333. The molecule has 104 valence electrons. The summed E-state index contributed by atoms with van der Waals surface area (Å²) < 4.78 is 2.01. The molecule has 0 radical (unpaired) electrons. The number of carbonyl (C=O) groups is 1. The molecule has 2 aromatic rings. The van der Waals surface area contributed by atoms with Gasteiger partial charge < -0.3 is 15.2 Å². The van der Waals surface area contributed by atoms with Gasteiger partial charge in [0.05, 0.1) is 6.33 Å². The molecule has 0 atom stereocenters. The Kier molecular flexibility index (Phi) is 3.78.